The smallest absolute Gasteiger partial charge is 0.341 e. The fourth-order valence-corrected chi connectivity index (χ4v) is 3.84. The van der Waals surface area contributed by atoms with E-state index in [2.05, 4.69) is 0 Å². The van der Waals surface area contributed by atoms with Crippen molar-refractivity contribution in [2.75, 3.05) is 0 Å². The average molecular weight is 402 g/mol. The molecular weight excluding hydrogens is 383 g/mol. The van der Waals surface area contributed by atoms with Crippen LogP contribution in [0.25, 0.3) is 10.9 Å². The zero-order valence-electron chi connectivity index (χ0n) is 14.5. The first-order chi connectivity index (χ1) is 10.7. The van der Waals surface area contributed by atoms with E-state index in [1.165, 1.54) is 0 Å². The van der Waals surface area contributed by atoms with Gasteiger partial charge in [0.2, 0.25) is 5.43 Å². The van der Waals surface area contributed by atoms with Gasteiger partial charge in [-0.1, -0.05) is 0 Å². The van der Waals surface area contributed by atoms with Gasteiger partial charge in [0.15, 0.2) is 5.78 Å². The number of aromatic nitrogens is 1. The first-order valence-corrected chi connectivity index (χ1v) is 7.63. The summed E-state index contributed by atoms with van der Waals surface area (Å²) in [6.07, 6.45) is 0.314. The van der Waals surface area contributed by atoms with Crippen LogP contribution in [0.1, 0.15) is 62.5 Å². The molecular formula is C18H19NO4Y. The zero-order chi connectivity index (χ0) is 17.2. The van der Waals surface area contributed by atoms with Crippen molar-refractivity contribution in [3.05, 3.63) is 43.7 Å². The van der Waals surface area contributed by atoms with Gasteiger partial charge in [-0.25, -0.2) is 4.79 Å². The van der Waals surface area contributed by atoms with Gasteiger partial charge in [-0.15, -0.1) is 0 Å². The number of Topliss-reactive ketones (excluding diaryl/α,β-unsaturated/α-hetero) is 1. The molecule has 0 spiro atoms. The Labute approximate surface area is 164 Å². The second kappa shape index (κ2) is 6.19. The molecule has 1 atom stereocenters. The van der Waals surface area contributed by atoms with Gasteiger partial charge >= 0.3 is 5.97 Å². The van der Waals surface area contributed by atoms with Gasteiger partial charge in [-0.05, 0) is 51.3 Å². The van der Waals surface area contributed by atoms with E-state index in [0.29, 0.717) is 28.6 Å². The second-order valence-corrected chi connectivity index (χ2v) is 6.41. The van der Waals surface area contributed by atoms with E-state index < -0.39 is 11.4 Å². The zero-order valence-corrected chi connectivity index (χ0v) is 17.3. The van der Waals surface area contributed by atoms with E-state index in [1.54, 1.807) is 6.92 Å². The minimum Gasteiger partial charge on any atom is -0.477 e. The Morgan fingerprint density at radius 3 is 2.21 bits per heavy atom. The average Bonchev–Trinajstić information content (AvgIpc) is 2.43. The van der Waals surface area contributed by atoms with Crippen molar-refractivity contribution in [3.63, 3.8) is 0 Å². The number of pyridine rings is 1. The van der Waals surface area contributed by atoms with Crippen LogP contribution in [0.15, 0.2) is 4.79 Å². The summed E-state index contributed by atoms with van der Waals surface area (Å²) in [6, 6.07) is -0.169. The third-order valence-corrected chi connectivity index (χ3v) is 5.18. The Bertz CT molecular complexity index is 972. The van der Waals surface area contributed by atoms with E-state index in [-0.39, 0.29) is 50.1 Å². The van der Waals surface area contributed by atoms with Crippen LogP contribution in [0.2, 0.25) is 0 Å². The van der Waals surface area contributed by atoms with Crippen LogP contribution in [0.4, 0.5) is 0 Å². The molecule has 0 saturated carbocycles. The molecule has 0 bridgehead atoms. The minimum absolute atomic E-state index is 0. The Morgan fingerprint density at radius 1 is 1.08 bits per heavy atom. The van der Waals surface area contributed by atoms with E-state index >= 15 is 0 Å². The summed E-state index contributed by atoms with van der Waals surface area (Å²) in [4.78, 5) is 37.0. The topological polar surface area (TPSA) is 76.4 Å². The van der Waals surface area contributed by atoms with Gasteiger partial charge in [0.25, 0.3) is 0 Å². The molecule has 0 amide bonds. The molecule has 123 valence electrons. The van der Waals surface area contributed by atoms with Crippen LogP contribution < -0.4 is 5.43 Å². The Hall–Kier alpha value is -1.33. The number of carboxylic acid groups (broad SMARTS) is 1. The van der Waals surface area contributed by atoms with Crippen molar-refractivity contribution in [2.24, 2.45) is 0 Å². The van der Waals surface area contributed by atoms with Crippen molar-refractivity contribution in [3.8, 4) is 0 Å². The molecule has 2 heterocycles. The predicted molar refractivity (Wildman–Crippen MR) is 87.8 cm³/mol. The van der Waals surface area contributed by atoms with E-state index in [9.17, 15) is 19.5 Å². The molecule has 3 rings (SSSR count). The van der Waals surface area contributed by atoms with Gasteiger partial charge in [0.1, 0.15) is 5.56 Å². The first-order valence-electron chi connectivity index (χ1n) is 7.63. The first kappa shape index (κ1) is 19.0. The van der Waals surface area contributed by atoms with E-state index in [4.69, 9.17) is 0 Å². The molecule has 24 heavy (non-hydrogen) atoms. The Kier molecular flexibility index (Phi) is 4.90. The minimum atomic E-state index is -1.22. The van der Waals surface area contributed by atoms with E-state index in [1.807, 2.05) is 32.3 Å². The number of aryl methyl sites for hydroxylation is 1. The molecule has 0 fully saturated rings. The van der Waals surface area contributed by atoms with Crippen LogP contribution in [0, 0.1) is 27.7 Å². The standard InChI is InChI=1S/C18H19NO4.Y/c1-7-6-12(20)13-9(3)8(2)10(4)14-16(13)19(7)11(5)15(17(14)21)18(22)23;/h7H,6H2,1-5H3,(H,22,23);. The molecule has 1 aromatic carbocycles. The van der Waals surface area contributed by atoms with Gasteiger partial charge in [-0.2, -0.15) is 0 Å². The van der Waals surface area contributed by atoms with Crippen molar-refractivity contribution in [2.45, 2.75) is 47.1 Å². The van der Waals surface area contributed by atoms with Crippen molar-refractivity contribution < 1.29 is 47.4 Å². The summed E-state index contributed by atoms with van der Waals surface area (Å²) >= 11 is 0. The molecule has 1 N–H and O–H groups in total. The van der Waals surface area contributed by atoms with Gasteiger partial charge in [-0.3, -0.25) is 9.59 Å². The summed E-state index contributed by atoms with van der Waals surface area (Å²) in [6.45, 7) is 9.10. The molecule has 1 aliphatic heterocycles. The van der Waals surface area contributed by atoms with Crippen LogP contribution in [0.3, 0.4) is 0 Å². The molecule has 0 saturated heterocycles. The van der Waals surface area contributed by atoms with Crippen molar-refractivity contribution >= 4 is 22.7 Å². The molecule has 0 aliphatic carbocycles. The molecule has 2 aromatic rings. The van der Waals surface area contributed by atoms with Crippen LogP contribution in [-0.4, -0.2) is 21.4 Å². The predicted octanol–water partition coefficient (Wildman–Crippen LogP) is 3.08. The normalized spacial score (nSPS) is 16.2. The number of ketones is 1. The third kappa shape index (κ3) is 2.32. The maximum atomic E-state index is 12.8. The summed E-state index contributed by atoms with van der Waals surface area (Å²) in [7, 11) is 0. The summed E-state index contributed by atoms with van der Waals surface area (Å²) in [5, 5.41) is 9.85. The number of carbonyl (C=O) groups excluding carboxylic acids is 1. The number of hydrogen-bond acceptors (Lipinski definition) is 3. The maximum absolute atomic E-state index is 12.8. The van der Waals surface area contributed by atoms with Gasteiger partial charge < -0.3 is 9.67 Å². The quantitative estimate of drug-likeness (QED) is 0.796. The number of hydrogen-bond donors (Lipinski definition) is 1. The number of carbonyl (C=O) groups is 2. The summed E-state index contributed by atoms with van der Waals surface area (Å²) < 4.78 is 1.86. The third-order valence-electron chi connectivity index (χ3n) is 5.18. The molecule has 1 aliphatic rings. The second-order valence-electron chi connectivity index (χ2n) is 6.41. The fourth-order valence-electron chi connectivity index (χ4n) is 3.84. The number of carboxylic acids is 1. The summed E-state index contributed by atoms with van der Waals surface area (Å²) in [5.74, 6) is -1.20. The SMILES string of the molecule is Cc1c(C)c2c3c(c1C)c(=O)c(C(=O)O)c(C)n3C(C)CC2=O.[Y]. The van der Waals surface area contributed by atoms with Crippen molar-refractivity contribution in [1.29, 1.82) is 0 Å². The largest absolute Gasteiger partial charge is 0.477 e. The molecule has 5 nitrogen and oxygen atoms in total. The maximum Gasteiger partial charge on any atom is 0.341 e. The van der Waals surface area contributed by atoms with Crippen LogP contribution in [-0.2, 0) is 32.7 Å². The Morgan fingerprint density at radius 2 is 1.67 bits per heavy atom. The van der Waals surface area contributed by atoms with Gasteiger partial charge in [0, 0.05) is 56.4 Å². The number of rotatable bonds is 1. The molecule has 1 radical (unpaired) electrons. The molecule has 1 aromatic heterocycles. The van der Waals surface area contributed by atoms with Crippen LogP contribution >= 0.6 is 0 Å². The Balaban J connectivity index is 0.00000208. The monoisotopic (exact) mass is 402 g/mol. The number of benzene rings is 1. The van der Waals surface area contributed by atoms with Gasteiger partial charge in [0.05, 0.1) is 10.9 Å². The van der Waals surface area contributed by atoms with E-state index in [0.717, 1.165) is 16.7 Å². The van der Waals surface area contributed by atoms with Crippen LogP contribution in [0.5, 0.6) is 0 Å². The van der Waals surface area contributed by atoms with Crippen molar-refractivity contribution in [1.82, 2.24) is 4.57 Å². The number of aromatic carboxylic acids is 1. The number of nitrogens with zero attached hydrogens (tertiary/aromatic N) is 1. The summed E-state index contributed by atoms with van der Waals surface area (Å²) in [5.41, 5.74) is 3.39. The fraction of sp³-hybridized carbons (Fsp3) is 0.389. The molecule has 1 unspecified atom stereocenters. The molecule has 6 heteroatoms.